The van der Waals surface area contributed by atoms with E-state index in [0.717, 1.165) is 38.5 Å². The van der Waals surface area contributed by atoms with E-state index in [1.807, 2.05) is 80.6 Å². The van der Waals surface area contributed by atoms with Crippen molar-refractivity contribution in [3.8, 4) is 28.6 Å². The normalized spacial score (nSPS) is 11.4. The molecule has 0 aliphatic carbocycles. The average molecular weight is 444 g/mol. The summed E-state index contributed by atoms with van der Waals surface area (Å²) in [5.41, 5.74) is 4.51. The number of oxazole rings is 1. The fourth-order valence-electron chi connectivity index (χ4n) is 4.19. The second-order valence-electron chi connectivity index (χ2n) is 8.30. The van der Waals surface area contributed by atoms with Crippen molar-refractivity contribution < 1.29 is 4.42 Å². The van der Waals surface area contributed by atoms with Gasteiger partial charge in [-0.3, -0.25) is 19.3 Å². The Morgan fingerprint density at radius 2 is 1.65 bits per heavy atom. The SMILES string of the molecule is Cc1ccc(-c2nc(-c3ccc4c(C)nccc4c3)oc2-n2ccc3cccnc3c2=O)cc1. The van der Waals surface area contributed by atoms with Gasteiger partial charge in [0.1, 0.15) is 11.2 Å². The van der Waals surface area contributed by atoms with Crippen LogP contribution in [0.25, 0.3) is 50.3 Å². The Kier molecular flexibility index (Phi) is 4.59. The molecule has 0 radical (unpaired) electrons. The third-order valence-corrected chi connectivity index (χ3v) is 6.03. The number of aromatic nitrogens is 4. The molecule has 164 valence electrons. The summed E-state index contributed by atoms with van der Waals surface area (Å²) in [6.45, 7) is 4.02. The predicted octanol–water partition coefficient (Wildman–Crippen LogP) is 5.87. The summed E-state index contributed by atoms with van der Waals surface area (Å²) in [5, 5.41) is 2.90. The Morgan fingerprint density at radius 1 is 0.824 bits per heavy atom. The highest BCUT2D eigenvalue weighted by atomic mass is 16.4. The van der Waals surface area contributed by atoms with Crippen LogP contribution in [-0.2, 0) is 0 Å². The van der Waals surface area contributed by atoms with Crippen LogP contribution in [0, 0.1) is 13.8 Å². The molecule has 0 atom stereocenters. The lowest BCUT2D eigenvalue weighted by Gasteiger charge is -2.06. The first-order chi connectivity index (χ1) is 16.6. The number of benzene rings is 2. The first-order valence-electron chi connectivity index (χ1n) is 11.0. The summed E-state index contributed by atoms with van der Waals surface area (Å²) in [4.78, 5) is 26.8. The molecular weight excluding hydrogens is 424 g/mol. The van der Waals surface area contributed by atoms with Gasteiger partial charge in [-0.15, -0.1) is 0 Å². The Morgan fingerprint density at radius 3 is 2.50 bits per heavy atom. The number of rotatable bonds is 3. The molecule has 0 unspecified atom stereocenters. The van der Waals surface area contributed by atoms with E-state index in [1.54, 1.807) is 18.6 Å². The van der Waals surface area contributed by atoms with Crippen LogP contribution in [-0.4, -0.2) is 19.5 Å². The third kappa shape index (κ3) is 3.28. The molecule has 34 heavy (non-hydrogen) atoms. The van der Waals surface area contributed by atoms with E-state index >= 15 is 0 Å². The van der Waals surface area contributed by atoms with Crippen molar-refractivity contribution in [1.29, 1.82) is 0 Å². The highest BCUT2D eigenvalue weighted by Crippen LogP contribution is 2.33. The zero-order chi connectivity index (χ0) is 23.2. The molecular formula is C28H20N4O2. The van der Waals surface area contributed by atoms with Gasteiger partial charge in [0.05, 0.1) is 0 Å². The Bertz CT molecular complexity index is 1750. The standard InChI is InChI=1S/C28H20N4O2/c1-17-5-7-20(8-6-17)25-28(32-15-12-19-4-3-13-30-24(19)27(32)33)34-26(31-25)22-9-10-23-18(2)29-14-11-21(23)16-22/h3-16H,1-2H3. The van der Waals surface area contributed by atoms with Crippen molar-refractivity contribution >= 4 is 21.7 Å². The van der Waals surface area contributed by atoms with Gasteiger partial charge in [-0.05, 0) is 49.6 Å². The van der Waals surface area contributed by atoms with Crippen molar-refractivity contribution in [2.75, 3.05) is 0 Å². The minimum Gasteiger partial charge on any atom is -0.419 e. The molecule has 4 heterocycles. The second-order valence-corrected chi connectivity index (χ2v) is 8.30. The molecule has 0 spiro atoms. The van der Waals surface area contributed by atoms with Crippen molar-refractivity contribution in [3.05, 3.63) is 107 Å². The van der Waals surface area contributed by atoms with Crippen LogP contribution < -0.4 is 5.56 Å². The van der Waals surface area contributed by atoms with Crippen molar-refractivity contribution in [1.82, 2.24) is 19.5 Å². The largest absolute Gasteiger partial charge is 0.419 e. The van der Waals surface area contributed by atoms with Crippen molar-refractivity contribution in [2.24, 2.45) is 0 Å². The zero-order valence-corrected chi connectivity index (χ0v) is 18.7. The molecule has 6 nitrogen and oxygen atoms in total. The summed E-state index contributed by atoms with van der Waals surface area (Å²) in [5.74, 6) is 0.803. The molecule has 0 fully saturated rings. The van der Waals surface area contributed by atoms with Gasteiger partial charge in [0.15, 0.2) is 0 Å². The van der Waals surface area contributed by atoms with Gasteiger partial charge in [-0.2, -0.15) is 0 Å². The van der Waals surface area contributed by atoms with Crippen molar-refractivity contribution in [2.45, 2.75) is 13.8 Å². The summed E-state index contributed by atoms with van der Waals surface area (Å²) in [7, 11) is 0. The number of nitrogens with zero attached hydrogens (tertiary/aromatic N) is 4. The van der Waals surface area contributed by atoms with Crippen LogP contribution in [0.15, 0.2) is 94.5 Å². The molecule has 0 saturated heterocycles. The first-order valence-corrected chi connectivity index (χ1v) is 11.0. The summed E-state index contributed by atoms with van der Waals surface area (Å²) < 4.78 is 7.77. The number of hydrogen-bond donors (Lipinski definition) is 0. The van der Waals surface area contributed by atoms with E-state index in [1.165, 1.54) is 4.57 Å². The topological polar surface area (TPSA) is 73.8 Å². The fourth-order valence-corrected chi connectivity index (χ4v) is 4.19. The molecule has 0 N–H and O–H groups in total. The van der Waals surface area contributed by atoms with Crippen LogP contribution in [0.5, 0.6) is 0 Å². The first kappa shape index (κ1) is 20.1. The number of pyridine rings is 3. The maximum absolute atomic E-state index is 13.3. The van der Waals surface area contributed by atoms with Crippen LogP contribution in [0.2, 0.25) is 0 Å². The number of hydrogen-bond acceptors (Lipinski definition) is 5. The molecule has 0 aliphatic heterocycles. The molecule has 6 rings (SSSR count). The Balaban J connectivity index is 1.59. The van der Waals surface area contributed by atoms with Gasteiger partial charge in [0, 0.05) is 46.2 Å². The van der Waals surface area contributed by atoms with Gasteiger partial charge in [-0.1, -0.05) is 42.0 Å². The highest BCUT2D eigenvalue weighted by Gasteiger charge is 2.20. The lowest BCUT2D eigenvalue weighted by atomic mass is 10.1. The second kappa shape index (κ2) is 7.78. The van der Waals surface area contributed by atoms with Crippen LogP contribution in [0.1, 0.15) is 11.3 Å². The maximum atomic E-state index is 13.3. The third-order valence-electron chi connectivity index (χ3n) is 6.03. The van der Waals surface area contributed by atoms with E-state index in [4.69, 9.17) is 9.40 Å². The molecule has 4 aromatic heterocycles. The van der Waals surface area contributed by atoms with E-state index in [9.17, 15) is 4.79 Å². The number of aryl methyl sites for hydroxylation is 2. The van der Waals surface area contributed by atoms with E-state index in [-0.39, 0.29) is 5.56 Å². The lowest BCUT2D eigenvalue weighted by Crippen LogP contribution is -2.18. The van der Waals surface area contributed by atoms with Crippen molar-refractivity contribution in [3.63, 3.8) is 0 Å². The van der Waals surface area contributed by atoms with Gasteiger partial charge in [0.2, 0.25) is 11.8 Å². The molecule has 0 bridgehead atoms. The smallest absolute Gasteiger partial charge is 0.283 e. The highest BCUT2D eigenvalue weighted by molar-refractivity contribution is 5.88. The molecule has 0 saturated carbocycles. The predicted molar refractivity (Wildman–Crippen MR) is 133 cm³/mol. The van der Waals surface area contributed by atoms with Crippen LogP contribution in [0.4, 0.5) is 0 Å². The van der Waals surface area contributed by atoms with Crippen LogP contribution >= 0.6 is 0 Å². The van der Waals surface area contributed by atoms with Gasteiger partial charge >= 0.3 is 0 Å². The monoisotopic (exact) mass is 444 g/mol. The minimum atomic E-state index is -0.255. The molecule has 6 heteroatoms. The Labute approximate surface area is 195 Å². The van der Waals surface area contributed by atoms with E-state index < -0.39 is 0 Å². The Hall–Kier alpha value is -4.58. The van der Waals surface area contributed by atoms with Gasteiger partial charge in [0.25, 0.3) is 5.56 Å². The van der Waals surface area contributed by atoms with Gasteiger partial charge < -0.3 is 4.42 Å². The zero-order valence-electron chi connectivity index (χ0n) is 18.7. The van der Waals surface area contributed by atoms with Gasteiger partial charge in [-0.25, -0.2) is 4.98 Å². The summed E-state index contributed by atoms with van der Waals surface area (Å²) in [6.07, 6.45) is 5.12. The van der Waals surface area contributed by atoms with E-state index in [2.05, 4.69) is 9.97 Å². The quantitative estimate of drug-likeness (QED) is 0.341. The molecule has 0 aliphatic rings. The number of fused-ring (bicyclic) bond motifs is 2. The lowest BCUT2D eigenvalue weighted by molar-refractivity contribution is 0.543. The molecule has 0 amide bonds. The molecule has 2 aromatic carbocycles. The minimum absolute atomic E-state index is 0.255. The summed E-state index contributed by atoms with van der Waals surface area (Å²) >= 11 is 0. The van der Waals surface area contributed by atoms with Crippen LogP contribution in [0.3, 0.4) is 0 Å². The average Bonchev–Trinajstić information content (AvgIpc) is 3.30. The fraction of sp³-hybridized carbons (Fsp3) is 0.0714. The maximum Gasteiger partial charge on any atom is 0.283 e. The molecule has 6 aromatic rings. The van der Waals surface area contributed by atoms with E-state index in [0.29, 0.717) is 23.0 Å². The summed E-state index contributed by atoms with van der Waals surface area (Å²) in [6, 6.07) is 21.5.